The Bertz CT molecular complexity index is 1210. The van der Waals surface area contributed by atoms with E-state index in [4.69, 9.17) is 13.6 Å². The normalized spacial score (nSPS) is 10.2. The van der Waals surface area contributed by atoms with Gasteiger partial charge in [0.25, 0.3) is 11.8 Å². The van der Waals surface area contributed by atoms with E-state index in [1.54, 1.807) is 36.4 Å². The second-order valence-electron chi connectivity index (χ2n) is 6.92. The van der Waals surface area contributed by atoms with Crippen molar-refractivity contribution in [3.05, 3.63) is 108 Å². The number of furan rings is 2. The molecule has 4 aromatic rings. The lowest BCUT2D eigenvalue weighted by Crippen LogP contribution is -2.41. The van der Waals surface area contributed by atoms with Crippen LogP contribution in [-0.4, -0.2) is 23.6 Å². The molecule has 2 heterocycles. The fourth-order valence-electron chi connectivity index (χ4n) is 2.79. The zero-order chi connectivity index (χ0) is 24.6. The van der Waals surface area contributed by atoms with E-state index in [0.717, 1.165) is 0 Å². The summed E-state index contributed by atoms with van der Waals surface area (Å²) in [5, 5.41) is 0. The van der Waals surface area contributed by atoms with E-state index in [1.807, 2.05) is 0 Å². The number of ether oxygens (including phenoxy) is 1. The molecule has 2 aromatic heterocycles. The van der Waals surface area contributed by atoms with Crippen molar-refractivity contribution < 1.29 is 32.7 Å². The van der Waals surface area contributed by atoms with Gasteiger partial charge in [-0.1, -0.05) is 0 Å². The Labute approximate surface area is 198 Å². The van der Waals surface area contributed by atoms with Crippen LogP contribution in [-0.2, 0) is 0 Å². The third-order valence-corrected chi connectivity index (χ3v) is 4.54. The van der Waals surface area contributed by atoms with Crippen LogP contribution in [0.25, 0.3) is 0 Å². The van der Waals surface area contributed by atoms with Crippen LogP contribution in [0.15, 0.2) is 94.2 Å². The van der Waals surface area contributed by atoms with E-state index in [-0.39, 0.29) is 11.5 Å². The zero-order valence-electron chi connectivity index (χ0n) is 17.9. The highest BCUT2D eigenvalue weighted by Crippen LogP contribution is 2.22. The molecule has 0 aliphatic carbocycles. The van der Waals surface area contributed by atoms with Gasteiger partial charge in [0.15, 0.2) is 11.5 Å². The van der Waals surface area contributed by atoms with Gasteiger partial charge in [-0.3, -0.25) is 40.9 Å². The number of rotatable bonds is 6. The van der Waals surface area contributed by atoms with Crippen molar-refractivity contribution in [1.82, 2.24) is 21.7 Å². The number of carbonyl (C=O) groups is 4. The number of benzene rings is 2. The first kappa shape index (κ1) is 22.9. The summed E-state index contributed by atoms with van der Waals surface area (Å²) < 4.78 is 15.6. The highest BCUT2D eigenvalue weighted by atomic mass is 16.5. The molecule has 0 aliphatic rings. The van der Waals surface area contributed by atoms with Crippen molar-refractivity contribution in [3.63, 3.8) is 0 Å². The Morgan fingerprint density at radius 2 is 0.886 bits per heavy atom. The lowest BCUT2D eigenvalue weighted by Gasteiger charge is -2.09. The fourth-order valence-corrected chi connectivity index (χ4v) is 2.79. The number of nitrogens with one attached hydrogen (secondary N) is 4. The molecule has 4 amide bonds. The summed E-state index contributed by atoms with van der Waals surface area (Å²) in [6.07, 6.45) is 2.70. The van der Waals surface area contributed by atoms with Gasteiger partial charge in [-0.2, -0.15) is 0 Å². The molecule has 11 heteroatoms. The SMILES string of the molecule is O=C(NNC(=O)c1ccco1)c1ccc(Oc2ccc(C(=O)NNC(=O)c3ccco3)cc2)cc1. The topological polar surface area (TPSA) is 152 Å². The Morgan fingerprint density at radius 3 is 1.23 bits per heavy atom. The maximum Gasteiger partial charge on any atom is 0.305 e. The molecule has 0 aliphatic heterocycles. The Balaban J connectivity index is 1.26. The summed E-state index contributed by atoms with van der Waals surface area (Å²) in [7, 11) is 0. The fraction of sp³-hybridized carbons (Fsp3) is 0. The number of carbonyl (C=O) groups excluding carboxylic acids is 4. The molecular weight excluding hydrogens is 456 g/mol. The minimum Gasteiger partial charge on any atom is -0.459 e. The minimum absolute atomic E-state index is 0.0659. The number of hydrogen-bond donors (Lipinski definition) is 4. The monoisotopic (exact) mass is 474 g/mol. The second-order valence-corrected chi connectivity index (χ2v) is 6.92. The van der Waals surface area contributed by atoms with Gasteiger partial charge in [-0.05, 0) is 72.8 Å². The van der Waals surface area contributed by atoms with Crippen molar-refractivity contribution in [3.8, 4) is 11.5 Å². The standard InChI is InChI=1S/C24H18N4O7/c29-21(25-27-23(31)19-3-1-13-33-19)15-5-9-17(10-6-15)35-18-11-7-16(8-12-18)22(30)26-28-24(32)20-4-2-14-34-20/h1-14H,(H,25,29)(H,26,30)(H,27,31)(H,28,32). The minimum atomic E-state index is -0.583. The lowest BCUT2D eigenvalue weighted by atomic mass is 10.2. The Morgan fingerprint density at radius 1 is 0.514 bits per heavy atom. The maximum absolute atomic E-state index is 12.2. The quantitative estimate of drug-likeness (QED) is 0.314. The van der Waals surface area contributed by atoms with Crippen LogP contribution in [0.3, 0.4) is 0 Å². The van der Waals surface area contributed by atoms with Crippen LogP contribution >= 0.6 is 0 Å². The van der Waals surface area contributed by atoms with Crippen molar-refractivity contribution >= 4 is 23.6 Å². The molecule has 0 saturated heterocycles. The molecule has 0 atom stereocenters. The molecule has 4 rings (SSSR count). The van der Waals surface area contributed by atoms with Crippen molar-refractivity contribution in [2.75, 3.05) is 0 Å². The van der Waals surface area contributed by atoms with Crippen LogP contribution in [0.2, 0.25) is 0 Å². The van der Waals surface area contributed by atoms with Gasteiger partial charge in [0.05, 0.1) is 12.5 Å². The molecule has 11 nitrogen and oxygen atoms in total. The van der Waals surface area contributed by atoms with E-state index in [0.29, 0.717) is 22.6 Å². The zero-order valence-corrected chi connectivity index (χ0v) is 17.9. The van der Waals surface area contributed by atoms with Gasteiger partial charge in [0.2, 0.25) is 0 Å². The number of hydrazine groups is 2. The molecule has 4 N–H and O–H groups in total. The van der Waals surface area contributed by atoms with Crippen LogP contribution < -0.4 is 26.4 Å². The number of hydrogen-bond acceptors (Lipinski definition) is 7. The third-order valence-electron chi connectivity index (χ3n) is 4.54. The summed E-state index contributed by atoms with van der Waals surface area (Å²) in [5.74, 6) is -1.18. The molecule has 0 spiro atoms. The molecular formula is C24H18N4O7. The summed E-state index contributed by atoms with van der Waals surface area (Å²) in [6, 6.07) is 18.4. The first-order chi connectivity index (χ1) is 17.0. The average molecular weight is 474 g/mol. The summed E-state index contributed by atoms with van der Waals surface area (Å²) in [5.41, 5.74) is 9.66. The van der Waals surface area contributed by atoms with Crippen LogP contribution in [0, 0.1) is 0 Å². The van der Waals surface area contributed by atoms with E-state index < -0.39 is 23.6 Å². The molecule has 0 fully saturated rings. The Hall–Kier alpha value is -5.32. The van der Waals surface area contributed by atoms with Gasteiger partial charge in [0, 0.05) is 11.1 Å². The molecule has 2 aromatic carbocycles. The second kappa shape index (κ2) is 10.5. The van der Waals surface area contributed by atoms with Crippen LogP contribution in [0.5, 0.6) is 11.5 Å². The van der Waals surface area contributed by atoms with Gasteiger partial charge in [0.1, 0.15) is 11.5 Å². The first-order valence-corrected chi connectivity index (χ1v) is 10.2. The Kier molecular flexibility index (Phi) is 6.88. The molecule has 0 bridgehead atoms. The van der Waals surface area contributed by atoms with Crippen molar-refractivity contribution in [2.45, 2.75) is 0 Å². The molecule has 0 saturated carbocycles. The molecule has 176 valence electrons. The van der Waals surface area contributed by atoms with E-state index in [1.165, 1.54) is 48.9 Å². The first-order valence-electron chi connectivity index (χ1n) is 10.2. The summed E-state index contributed by atoms with van der Waals surface area (Å²) in [6.45, 7) is 0. The van der Waals surface area contributed by atoms with Gasteiger partial charge in [-0.25, -0.2) is 0 Å². The van der Waals surface area contributed by atoms with Crippen molar-refractivity contribution in [2.24, 2.45) is 0 Å². The highest BCUT2D eigenvalue weighted by molar-refractivity contribution is 5.98. The summed E-state index contributed by atoms with van der Waals surface area (Å²) in [4.78, 5) is 48.0. The maximum atomic E-state index is 12.2. The van der Waals surface area contributed by atoms with Crippen LogP contribution in [0.1, 0.15) is 41.8 Å². The molecule has 0 radical (unpaired) electrons. The van der Waals surface area contributed by atoms with Gasteiger partial charge >= 0.3 is 11.8 Å². The molecule has 0 unspecified atom stereocenters. The largest absolute Gasteiger partial charge is 0.459 e. The van der Waals surface area contributed by atoms with E-state index in [2.05, 4.69) is 21.7 Å². The van der Waals surface area contributed by atoms with Gasteiger partial charge in [-0.15, -0.1) is 0 Å². The third kappa shape index (κ3) is 5.93. The predicted octanol–water partition coefficient (Wildman–Crippen LogP) is 2.81. The summed E-state index contributed by atoms with van der Waals surface area (Å²) >= 11 is 0. The molecule has 35 heavy (non-hydrogen) atoms. The van der Waals surface area contributed by atoms with Gasteiger partial charge < -0.3 is 13.6 Å². The van der Waals surface area contributed by atoms with Crippen molar-refractivity contribution in [1.29, 1.82) is 0 Å². The highest BCUT2D eigenvalue weighted by Gasteiger charge is 2.13. The van der Waals surface area contributed by atoms with E-state index in [9.17, 15) is 19.2 Å². The van der Waals surface area contributed by atoms with E-state index >= 15 is 0 Å². The lowest BCUT2D eigenvalue weighted by molar-refractivity contribution is 0.0831. The number of amides is 4. The van der Waals surface area contributed by atoms with Crippen LogP contribution in [0.4, 0.5) is 0 Å². The average Bonchev–Trinajstić information content (AvgIpc) is 3.61. The smallest absolute Gasteiger partial charge is 0.305 e. The predicted molar refractivity (Wildman–Crippen MR) is 120 cm³/mol.